The number of rotatable bonds is 8. The lowest BCUT2D eigenvalue weighted by molar-refractivity contribution is -0.138. The molecule has 3 aromatic rings. The van der Waals surface area contributed by atoms with Crippen molar-refractivity contribution >= 4 is 36.2 Å². The lowest BCUT2D eigenvalue weighted by atomic mass is 9.98. The van der Waals surface area contributed by atoms with E-state index in [4.69, 9.17) is 0 Å². The van der Waals surface area contributed by atoms with Crippen LogP contribution in [0.25, 0.3) is 24.3 Å². The molecule has 0 aromatic carbocycles. The first-order valence-electron chi connectivity index (χ1n) is 14.2. The summed E-state index contributed by atoms with van der Waals surface area (Å²) in [5.74, 6) is -1.71. The molecule has 8 bridgehead atoms. The topological polar surface area (TPSA) is 134 Å². The summed E-state index contributed by atoms with van der Waals surface area (Å²) in [6.07, 6.45) is 11.4. The van der Waals surface area contributed by atoms with Gasteiger partial charge in [-0.1, -0.05) is 25.3 Å². The molecule has 1 atom stereocenters. The van der Waals surface area contributed by atoms with Crippen LogP contribution in [0, 0.1) is 20.8 Å². The van der Waals surface area contributed by atoms with Gasteiger partial charge < -0.3 is 30.5 Å². The highest BCUT2D eigenvalue weighted by Gasteiger charge is 2.27. The monoisotopic (exact) mass is 566 g/mol. The Morgan fingerprint density at radius 2 is 1.48 bits per heavy atom. The van der Waals surface area contributed by atoms with Crippen LogP contribution in [0.5, 0.6) is 0 Å². The van der Waals surface area contributed by atoms with Crippen molar-refractivity contribution in [3.05, 3.63) is 103 Å². The van der Waals surface area contributed by atoms with E-state index in [2.05, 4.69) is 53.4 Å². The highest BCUT2D eigenvalue weighted by Crippen LogP contribution is 2.32. The van der Waals surface area contributed by atoms with Crippen molar-refractivity contribution in [3.8, 4) is 0 Å². The Morgan fingerprint density at radius 1 is 0.810 bits per heavy atom. The van der Waals surface area contributed by atoms with Crippen molar-refractivity contribution in [1.29, 1.82) is 0 Å². The summed E-state index contributed by atoms with van der Waals surface area (Å²) in [6, 6.07) is 0.0281. The molecule has 0 aliphatic carbocycles. The zero-order valence-corrected chi connectivity index (χ0v) is 24.6. The molecule has 8 heteroatoms. The molecule has 5 heterocycles. The van der Waals surface area contributed by atoms with Crippen molar-refractivity contribution in [2.24, 2.45) is 0 Å². The highest BCUT2D eigenvalue weighted by atomic mass is 16.4. The van der Waals surface area contributed by atoms with Crippen LogP contribution in [0.4, 0.5) is 0 Å². The maximum Gasteiger partial charge on any atom is 0.303 e. The molecule has 0 radical (unpaired) electrons. The smallest absolute Gasteiger partial charge is 0.303 e. The van der Waals surface area contributed by atoms with Gasteiger partial charge in [-0.05, 0) is 97.7 Å². The number of aliphatic carboxylic acids is 2. The molecule has 1 unspecified atom stereocenters. The minimum Gasteiger partial charge on any atom is -0.481 e. The van der Waals surface area contributed by atoms with Gasteiger partial charge in [0.25, 0.3) is 0 Å². The summed E-state index contributed by atoms with van der Waals surface area (Å²) in [5.41, 5.74) is 12.9. The third kappa shape index (κ3) is 5.20. The lowest BCUT2D eigenvalue weighted by Gasteiger charge is -2.14. The fourth-order valence-corrected chi connectivity index (χ4v) is 6.28. The number of hydrogen-bond donors (Lipinski definition) is 6. The van der Waals surface area contributed by atoms with Crippen LogP contribution in [0.3, 0.4) is 0 Å². The van der Waals surface area contributed by atoms with E-state index in [1.54, 1.807) is 0 Å². The number of carboxylic acids is 2. The maximum atomic E-state index is 11.5. The van der Waals surface area contributed by atoms with Gasteiger partial charge in [0.1, 0.15) is 0 Å². The highest BCUT2D eigenvalue weighted by molar-refractivity contribution is 5.74. The van der Waals surface area contributed by atoms with Gasteiger partial charge in [-0.3, -0.25) is 9.59 Å². The molecule has 0 saturated heterocycles. The third-order valence-electron chi connectivity index (χ3n) is 8.76. The largest absolute Gasteiger partial charge is 0.481 e. The molecule has 0 saturated carbocycles. The molecule has 0 fully saturated rings. The number of carbonyl (C=O) groups is 2. The molecule has 42 heavy (non-hydrogen) atoms. The lowest BCUT2D eigenvalue weighted by Crippen LogP contribution is -2.26. The molecule has 218 valence electrons. The van der Waals surface area contributed by atoms with Gasteiger partial charge in [-0.2, -0.15) is 0 Å². The average molecular weight is 567 g/mol. The number of fused-ring (bicyclic) bond motifs is 8. The Hall–Kier alpha value is -4.72. The van der Waals surface area contributed by atoms with Crippen LogP contribution in [-0.2, 0) is 28.9 Å². The van der Waals surface area contributed by atoms with Crippen molar-refractivity contribution < 1.29 is 19.8 Å². The molecule has 8 nitrogen and oxygen atoms in total. The summed E-state index contributed by atoms with van der Waals surface area (Å²) in [7, 11) is 0. The quantitative estimate of drug-likeness (QED) is 0.242. The molecular formula is C34H38N4O4. The summed E-state index contributed by atoms with van der Waals surface area (Å²) in [4.78, 5) is 33.8. The van der Waals surface area contributed by atoms with E-state index in [1.165, 1.54) is 5.57 Å². The van der Waals surface area contributed by atoms with E-state index < -0.39 is 11.9 Å². The first-order valence-corrected chi connectivity index (χ1v) is 14.2. The molecule has 3 aromatic heterocycles. The Labute approximate surface area is 245 Å². The van der Waals surface area contributed by atoms with Crippen LogP contribution in [-0.4, -0.2) is 43.1 Å². The Bertz CT molecular complexity index is 1820. The van der Waals surface area contributed by atoms with Crippen LogP contribution < -0.4 is 16.0 Å². The summed E-state index contributed by atoms with van der Waals surface area (Å²) in [5, 5.41) is 24.3. The van der Waals surface area contributed by atoms with Crippen LogP contribution in [0.15, 0.2) is 36.1 Å². The van der Waals surface area contributed by atoms with E-state index in [1.807, 2.05) is 38.2 Å². The normalized spacial score (nSPS) is 18.8. The number of nitrogens with one attached hydrogen (secondary N) is 4. The molecule has 2 aliphatic heterocycles. The Kier molecular flexibility index (Phi) is 7.73. The Balaban J connectivity index is 1.83. The van der Waals surface area contributed by atoms with Gasteiger partial charge in [-0.15, -0.1) is 0 Å². The number of H-pyrrole nitrogens is 3. The fourth-order valence-electron chi connectivity index (χ4n) is 6.28. The molecule has 0 amide bonds. The van der Waals surface area contributed by atoms with E-state index in [-0.39, 0.29) is 18.9 Å². The number of aromatic nitrogens is 3. The molecule has 2 aliphatic rings. The second-order valence-corrected chi connectivity index (χ2v) is 11.2. The predicted molar refractivity (Wildman–Crippen MR) is 166 cm³/mol. The first-order chi connectivity index (χ1) is 20.0. The number of allylic oxidation sites excluding steroid dienone is 1. The third-order valence-corrected chi connectivity index (χ3v) is 8.76. The van der Waals surface area contributed by atoms with Crippen molar-refractivity contribution in [3.63, 3.8) is 0 Å². The molecule has 6 N–H and O–H groups in total. The van der Waals surface area contributed by atoms with Gasteiger partial charge in [0, 0.05) is 64.0 Å². The summed E-state index contributed by atoms with van der Waals surface area (Å²) in [6.45, 7) is 16.4. The average Bonchev–Trinajstić information content (AvgIpc) is 3.59. The zero-order valence-electron chi connectivity index (χ0n) is 24.6. The van der Waals surface area contributed by atoms with E-state index in [0.29, 0.717) is 19.3 Å². The minimum atomic E-state index is -0.859. The molecule has 5 rings (SSSR count). The Morgan fingerprint density at radius 3 is 2.12 bits per heavy atom. The van der Waals surface area contributed by atoms with Crippen molar-refractivity contribution in [2.45, 2.75) is 65.8 Å². The SMILES string of the molecule is C=CC1=C(C)C2Cc3[nH]c(c(CCC(=O)O)c3C)/C=c3\[nH]/c(c(C)c3CCC(=O)O)=C\c3[nH]c(c(C)c3C=C)/C=C/1N2. The fraction of sp³-hybridized carbons (Fsp3) is 0.294. The van der Waals surface area contributed by atoms with Gasteiger partial charge in [0.15, 0.2) is 0 Å². The minimum absolute atomic E-state index is 0.00167. The molecule has 0 spiro atoms. The predicted octanol–water partition coefficient (Wildman–Crippen LogP) is 4.30. The van der Waals surface area contributed by atoms with Crippen molar-refractivity contribution in [1.82, 2.24) is 20.3 Å². The van der Waals surface area contributed by atoms with Gasteiger partial charge in [-0.25, -0.2) is 0 Å². The van der Waals surface area contributed by atoms with Gasteiger partial charge in [0.2, 0.25) is 0 Å². The van der Waals surface area contributed by atoms with Crippen molar-refractivity contribution in [2.75, 3.05) is 0 Å². The van der Waals surface area contributed by atoms with E-state index in [9.17, 15) is 19.8 Å². The zero-order chi connectivity index (χ0) is 30.3. The standard InChI is InChI=1S/C34H38N4O4/c1-7-21-17(3)25-13-26-19(5)23(9-11-33(39)40)31(37-26)16-32-24(10-12-34(41)42)20(6)28(38-32)15-30-22(8-2)18(4)27(36-30)14-29(21)35-25/h7-8,14-16,25,35-38H,1-2,9-13H2,3-6H3,(H,39,40)(H,41,42)/b28-15-,29-14-,32-16-. The first kappa shape index (κ1) is 28.8. The summed E-state index contributed by atoms with van der Waals surface area (Å²) >= 11 is 0. The van der Waals surface area contributed by atoms with E-state index >= 15 is 0 Å². The van der Waals surface area contributed by atoms with Gasteiger partial charge in [0.05, 0.1) is 6.04 Å². The van der Waals surface area contributed by atoms with Crippen LogP contribution >= 0.6 is 0 Å². The number of carboxylic acid groups (broad SMARTS) is 2. The van der Waals surface area contributed by atoms with Gasteiger partial charge >= 0.3 is 11.9 Å². The number of aromatic amines is 3. The number of hydrogen-bond acceptors (Lipinski definition) is 3. The maximum absolute atomic E-state index is 11.5. The van der Waals surface area contributed by atoms with Crippen LogP contribution in [0.2, 0.25) is 0 Å². The second kappa shape index (κ2) is 11.3. The van der Waals surface area contributed by atoms with Crippen LogP contribution in [0.1, 0.15) is 75.9 Å². The molecular weight excluding hydrogens is 528 g/mol. The van der Waals surface area contributed by atoms with E-state index in [0.717, 1.165) is 78.1 Å². The second-order valence-electron chi connectivity index (χ2n) is 11.2. The summed E-state index contributed by atoms with van der Waals surface area (Å²) < 4.78 is 0.